The molecule has 61 heavy (non-hydrogen) atoms. The van der Waals surface area contributed by atoms with Crippen LogP contribution in [0.5, 0.6) is 0 Å². The molecule has 286 valence electrons. The summed E-state index contributed by atoms with van der Waals surface area (Å²) < 4.78 is 9.55. The maximum Gasteiger partial charge on any atom is 0.160 e. The predicted octanol–water partition coefficient (Wildman–Crippen LogP) is 16.3. The van der Waals surface area contributed by atoms with E-state index in [4.69, 9.17) is 4.42 Å². The van der Waals surface area contributed by atoms with Crippen molar-refractivity contribution in [3.63, 3.8) is 0 Å². The molecule has 0 aliphatic carbocycles. The zero-order chi connectivity index (χ0) is 40.3. The van der Waals surface area contributed by atoms with E-state index >= 15 is 0 Å². The molecule has 3 nitrogen and oxygen atoms in total. The average molecular weight is 779 g/mol. The zero-order valence-corrected chi connectivity index (χ0v) is 33.2. The molecule has 2 aromatic heterocycles. The maximum atomic E-state index is 7.19. The summed E-state index contributed by atoms with van der Waals surface area (Å²) in [4.78, 5) is 2.38. The van der Waals surface area contributed by atoms with Gasteiger partial charge in [0.1, 0.15) is 5.58 Å². The van der Waals surface area contributed by atoms with Crippen LogP contribution in [0.1, 0.15) is 0 Å². The van der Waals surface area contributed by atoms with E-state index in [0.29, 0.717) is 0 Å². The number of furan rings is 1. The van der Waals surface area contributed by atoms with Crippen molar-refractivity contribution in [2.45, 2.75) is 0 Å². The van der Waals surface area contributed by atoms with E-state index in [0.717, 1.165) is 72.3 Å². The normalized spacial score (nSPS) is 11.6. The molecule has 0 unspecified atom stereocenters. The first-order valence-corrected chi connectivity index (χ1v) is 20.8. The SMILES string of the molecule is c1ccc(-c2ccc(N(c3ccccc3-c3ccccc3)c3cc4ccccc4c4c3oc3cc(-c5ccc6c(c5)c5ccccc5n6-c5ccccc5)ccc34)cc2)cc1. The number of aromatic nitrogens is 1. The predicted molar refractivity (Wildman–Crippen MR) is 257 cm³/mol. The number of fused-ring (bicyclic) bond motifs is 8. The van der Waals surface area contributed by atoms with Crippen molar-refractivity contribution in [1.29, 1.82) is 0 Å². The lowest BCUT2D eigenvalue weighted by Gasteiger charge is -2.28. The first-order chi connectivity index (χ1) is 30.3. The van der Waals surface area contributed by atoms with Gasteiger partial charge in [0.25, 0.3) is 0 Å². The highest BCUT2D eigenvalue weighted by Gasteiger charge is 2.24. The molecule has 0 bridgehead atoms. The molecule has 0 radical (unpaired) electrons. The molecule has 3 heteroatoms. The van der Waals surface area contributed by atoms with Gasteiger partial charge in [0.05, 0.1) is 22.4 Å². The second-order valence-electron chi connectivity index (χ2n) is 15.7. The molecule has 0 aliphatic heterocycles. The van der Waals surface area contributed by atoms with Crippen LogP contribution in [0.15, 0.2) is 235 Å². The summed E-state index contributed by atoms with van der Waals surface area (Å²) in [5, 5.41) is 6.98. The lowest BCUT2D eigenvalue weighted by atomic mass is 9.98. The Morgan fingerprint density at radius 2 is 0.951 bits per heavy atom. The Hall–Kier alpha value is -8.14. The third kappa shape index (κ3) is 5.82. The van der Waals surface area contributed by atoms with Crippen LogP contribution in [0.4, 0.5) is 17.1 Å². The molecule has 2 heterocycles. The van der Waals surface area contributed by atoms with Crippen LogP contribution < -0.4 is 4.90 Å². The average Bonchev–Trinajstić information content (AvgIpc) is 3.89. The van der Waals surface area contributed by atoms with Gasteiger partial charge in [0.2, 0.25) is 0 Å². The highest BCUT2D eigenvalue weighted by molar-refractivity contribution is 6.23. The molecular weight excluding hydrogens is 741 g/mol. The molecule has 0 saturated heterocycles. The van der Waals surface area contributed by atoms with Gasteiger partial charge in [-0.2, -0.15) is 0 Å². The van der Waals surface area contributed by atoms with Crippen molar-refractivity contribution in [1.82, 2.24) is 4.57 Å². The first-order valence-electron chi connectivity index (χ1n) is 20.8. The summed E-state index contributed by atoms with van der Waals surface area (Å²) >= 11 is 0. The standard InChI is InChI=1S/C58H38N2O/c1-4-16-39(17-5-1)40-28-32-46(33-29-40)60(52-26-14-12-23-47(52)41-18-6-2-7-19-41)55-37-44-20-10-11-24-48(44)57-50-34-30-43(38-56(50)61-58(55)57)42-31-35-54-51(36-42)49-25-13-15-27-53(49)59(54)45-21-8-3-9-22-45/h1-38H. The third-order valence-corrected chi connectivity index (χ3v) is 12.2. The first kappa shape index (κ1) is 34.9. The number of rotatable bonds is 7. The van der Waals surface area contributed by atoms with E-state index in [1.54, 1.807) is 0 Å². The van der Waals surface area contributed by atoms with Gasteiger partial charge in [-0.1, -0.05) is 164 Å². The number of para-hydroxylation sites is 3. The number of hydrogen-bond donors (Lipinski definition) is 0. The van der Waals surface area contributed by atoms with Crippen molar-refractivity contribution >= 4 is 71.6 Å². The smallest absolute Gasteiger partial charge is 0.160 e. The van der Waals surface area contributed by atoms with Crippen LogP contribution in [0.2, 0.25) is 0 Å². The highest BCUT2D eigenvalue weighted by atomic mass is 16.3. The number of nitrogens with zero attached hydrogens (tertiary/aromatic N) is 2. The second-order valence-corrected chi connectivity index (χ2v) is 15.7. The number of hydrogen-bond acceptors (Lipinski definition) is 2. The van der Waals surface area contributed by atoms with Gasteiger partial charge in [-0.15, -0.1) is 0 Å². The summed E-state index contributed by atoms with van der Waals surface area (Å²) in [6.45, 7) is 0. The van der Waals surface area contributed by atoms with E-state index in [1.807, 2.05) is 0 Å². The zero-order valence-electron chi connectivity index (χ0n) is 33.2. The monoisotopic (exact) mass is 778 g/mol. The van der Waals surface area contributed by atoms with E-state index in [1.165, 1.54) is 38.3 Å². The summed E-state index contributed by atoms with van der Waals surface area (Å²) in [7, 11) is 0. The molecule has 10 aromatic carbocycles. The Morgan fingerprint density at radius 3 is 1.75 bits per heavy atom. The van der Waals surface area contributed by atoms with E-state index in [9.17, 15) is 0 Å². The fourth-order valence-electron chi connectivity index (χ4n) is 9.33. The van der Waals surface area contributed by atoms with Crippen LogP contribution in [0, 0.1) is 0 Å². The van der Waals surface area contributed by atoms with Crippen LogP contribution in [-0.4, -0.2) is 4.57 Å². The Labute approximate surface area is 353 Å². The molecule has 0 amide bonds. The summed E-state index contributed by atoms with van der Waals surface area (Å²) in [5.74, 6) is 0. The molecule has 0 fully saturated rings. The quantitative estimate of drug-likeness (QED) is 0.161. The number of anilines is 3. The van der Waals surface area contributed by atoms with Crippen molar-refractivity contribution in [3.05, 3.63) is 231 Å². The van der Waals surface area contributed by atoms with E-state index in [-0.39, 0.29) is 0 Å². The van der Waals surface area contributed by atoms with Gasteiger partial charge in [0.15, 0.2) is 5.58 Å². The summed E-state index contributed by atoms with van der Waals surface area (Å²) in [5.41, 5.74) is 15.2. The lowest BCUT2D eigenvalue weighted by Crippen LogP contribution is -2.11. The fraction of sp³-hybridized carbons (Fsp3) is 0. The minimum Gasteiger partial charge on any atom is -0.454 e. The van der Waals surface area contributed by atoms with Gasteiger partial charge >= 0.3 is 0 Å². The number of benzene rings is 10. The summed E-state index contributed by atoms with van der Waals surface area (Å²) in [6.07, 6.45) is 0. The molecule has 0 atom stereocenters. The third-order valence-electron chi connectivity index (χ3n) is 12.2. The second kappa shape index (κ2) is 14.3. The topological polar surface area (TPSA) is 21.3 Å². The van der Waals surface area contributed by atoms with E-state index < -0.39 is 0 Å². The minimum atomic E-state index is 0.849. The Kier molecular flexibility index (Phi) is 8.17. The van der Waals surface area contributed by atoms with Gasteiger partial charge < -0.3 is 13.9 Å². The van der Waals surface area contributed by atoms with Crippen LogP contribution in [-0.2, 0) is 0 Å². The van der Waals surface area contributed by atoms with Gasteiger partial charge in [0, 0.05) is 38.5 Å². The molecule has 0 spiro atoms. The molecule has 0 saturated carbocycles. The van der Waals surface area contributed by atoms with Gasteiger partial charge in [-0.25, -0.2) is 0 Å². The van der Waals surface area contributed by atoms with Crippen molar-refractivity contribution < 1.29 is 4.42 Å². The van der Waals surface area contributed by atoms with Gasteiger partial charge in [-0.3, -0.25) is 0 Å². The highest BCUT2D eigenvalue weighted by Crippen LogP contribution is 2.48. The van der Waals surface area contributed by atoms with Crippen molar-refractivity contribution in [2.75, 3.05) is 4.90 Å². The Bertz CT molecular complexity index is 3570. The van der Waals surface area contributed by atoms with Gasteiger partial charge in [-0.05, 0) is 105 Å². The van der Waals surface area contributed by atoms with Crippen LogP contribution >= 0.6 is 0 Å². The molecule has 12 aromatic rings. The van der Waals surface area contributed by atoms with Crippen molar-refractivity contribution in [3.8, 4) is 39.1 Å². The Balaban J connectivity index is 1.07. The van der Waals surface area contributed by atoms with Crippen molar-refractivity contribution in [2.24, 2.45) is 0 Å². The molecule has 0 N–H and O–H groups in total. The summed E-state index contributed by atoms with van der Waals surface area (Å²) in [6, 6.07) is 82.7. The van der Waals surface area contributed by atoms with Crippen LogP contribution in [0.25, 0.3) is 93.6 Å². The fourth-order valence-corrected chi connectivity index (χ4v) is 9.33. The maximum absolute atomic E-state index is 7.19. The lowest BCUT2D eigenvalue weighted by molar-refractivity contribution is 0.669. The Morgan fingerprint density at radius 1 is 0.361 bits per heavy atom. The largest absolute Gasteiger partial charge is 0.454 e. The molecule has 12 rings (SSSR count). The molecular formula is C58H38N2O. The molecule has 0 aliphatic rings. The minimum absolute atomic E-state index is 0.849. The van der Waals surface area contributed by atoms with Crippen LogP contribution in [0.3, 0.4) is 0 Å². The van der Waals surface area contributed by atoms with E-state index in [2.05, 4.69) is 240 Å².